The molecule has 0 aromatic carbocycles. The minimum absolute atomic E-state index is 0.00921. The fraction of sp³-hybridized carbons (Fsp3) is 0.857. The molecule has 2 unspecified atom stereocenters. The maximum Gasteiger partial charge on any atom is 0.227 e. The predicted molar refractivity (Wildman–Crippen MR) is 37.2 cm³/mol. The summed E-state index contributed by atoms with van der Waals surface area (Å²) < 4.78 is 0. The van der Waals surface area contributed by atoms with Crippen LogP contribution in [-0.4, -0.2) is 28.7 Å². The van der Waals surface area contributed by atoms with Crippen LogP contribution >= 0.6 is 0 Å². The van der Waals surface area contributed by atoms with Crippen LogP contribution < -0.4 is 0 Å². The van der Waals surface area contributed by atoms with Gasteiger partial charge in [-0.2, -0.15) is 0 Å². The third-order valence-corrected chi connectivity index (χ3v) is 1.97. The number of nitrogens with zero attached hydrogens (tertiary/aromatic N) is 1. The summed E-state index contributed by atoms with van der Waals surface area (Å²) in [6.07, 6.45) is 0.0552. The van der Waals surface area contributed by atoms with Crippen LogP contribution in [0.4, 0.5) is 0 Å². The Bertz CT molecular complexity index is 147. The van der Waals surface area contributed by atoms with E-state index in [9.17, 15) is 9.90 Å². The molecular formula is C7H13NO2. The predicted octanol–water partition coefficient (Wildman–Crippen LogP) is 0.193. The summed E-state index contributed by atoms with van der Waals surface area (Å²) in [4.78, 5) is 12.6. The lowest BCUT2D eigenvalue weighted by Crippen LogP contribution is -2.32. The lowest BCUT2D eigenvalue weighted by Gasteiger charge is -2.17. The van der Waals surface area contributed by atoms with Crippen molar-refractivity contribution in [2.45, 2.75) is 26.5 Å². The lowest BCUT2D eigenvalue weighted by atomic mass is 10.1. The van der Waals surface area contributed by atoms with Gasteiger partial charge in [0.05, 0.1) is 0 Å². The highest BCUT2D eigenvalue weighted by Gasteiger charge is 2.33. The number of aliphatic hydroxyl groups excluding tert-OH is 1. The zero-order valence-electron chi connectivity index (χ0n) is 6.37. The number of carbonyl (C=O) groups is 1. The first-order chi connectivity index (χ1) is 4.66. The summed E-state index contributed by atoms with van der Waals surface area (Å²) in [6.45, 7) is 4.34. The van der Waals surface area contributed by atoms with Crippen LogP contribution in [0.25, 0.3) is 0 Å². The van der Waals surface area contributed by atoms with E-state index in [0.717, 1.165) is 0 Å². The Balaban J connectivity index is 2.64. The Morgan fingerprint density at radius 3 is 2.60 bits per heavy atom. The Kier molecular flexibility index (Phi) is 1.94. The number of likely N-dealkylation sites (tertiary alicyclic amines) is 1. The molecule has 0 saturated carbocycles. The summed E-state index contributed by atoms with van der Waals surface area (Å²) in [7, 11) is 0. The summed E-state index contributed by atoms with van der Waals surface area (Å²) in [5, 5.41) is 9.23. The van der Waals surface area contributed by atoms with E-state index < -0.39 is 6.23 Å². The normalized spacial score (nSPS) is 33.5. The van der Waals surface area contributed by atoms with E-state index in [2.05, 4.69) is 0 Å². The molecule has 1 heterocycles. The van der Waals surface area contributed by atoms with Gasteiger partial charge >= 0.3 is 0 Å². The van der Waals surface area contributed by atoms with E-state index in [1.54, 1.807) is 0 Å². The molecule has 1 aliphatic rings. The minimum atomic E-state index is -0.535. The molecule has 0 bridgehead atoms. The third-order valence-electron chi connectivity index (χ3n) is 1.97. The highest BCUT2D eigenvalue weighted by atomic mass is 16.3. The van der Waals surface area contributed by atoms with Gasteiger partial charge < -0.3 is 10.0 Å². The SMILES string of the molecule is CCN1C(=O)C(C)CC1O. The van der Waals surface area contributed by atoms with Crippen LogP contribution in [0.15, 0.2) is 0 Å². The highest BCUT2D eigenvalue weighted by Crippen LogP contribution is 2.21. The third kappa shape index (κ3) is 1.01. The monoisotopic (exact) mass is 143 g/mol. The van der Waals surface area contributed by atoms with E-state index in [4.69, 9.17) is 0 Å². The van der Waals surface area contributed by atoms with Gasteiger partial charge in [-0.1, -0.05) is 6.92 Å². The van der Waals surface area contributed by atoms with Crippen LogP contribution in [0.1, 0.15) is 20.3 Å². The maximum absolute atomic E-state index is 11.1. The molecular weight excluding hydrogens is 130 g/mol. The molecule has 0 radical (unpaired) electrons. The van der Waals surface area contributed by atoms with Crippen molar-refractivity contribution in [3.05, 3.63) is 0 Å². The Hall–Kier alpha value is -0.570. The van der Waals surface area contributed by atoms with E-state index in [-0.39, 0.29) is 11.8 Å². The Morgan fingerprint density at radius 2 is 2.40 bits per heavy atom. The summed E-state index contributed by atoms with van der Waals surface area (Å²) in [6, 6.07) is 0. The number of carbonyl (C=O) groups excluding carboxylic acids is 1. The summed E-state index contributed by atoms with van der Waals surface area (Å²) >= 11 is 0. The van der Waals surface area contributed by atoms with Crippen molar-refractivity contribution >= 4 is 5.91 Å². The summed E-state index contributed by atoms with van der Waals surface area (Å²) in [5.41, 5.74) is 0. The van der Waals surface area contributed by atoms with Crippen LogP contribution in [0.2, 0.25) is 0 Å². The number of hydrogen-bond donors (Lipinski definition) is 1. The average Bonchev–Trinajstić information content (AvgIpc) is 2.09. The van der Waals surface area contributed by atoms with Gasteiger partial charge in [-0.3, -0.25) is 4.79 Å². The molecule has 1 rings (SSSR count). The molecule has 1 fully saturated rings. The van der Waals surface area contributed by atoms with Crippen molar-refractivity contribution in [2.24, 2.45) is 5.92 Å². The molecule has 0 aromatic rings. The first-order valence-corrected chi connectivity index (χ1v) is 3.65. The highest BCUT2D eigenvalue weighted by molar-refractivity contribution is 5.80. The van der Waals surface area contributed by atoms with Crippen LogP contribution in [0, 0.1) is 5.92 Å². The van der Waals surface area contributed by atoms with Crippen molar-refractivity contribution in [3.63, 3.8) is 0 Å². The average molecular weight is 143 g/mol. The fourth-order valence-electron chi connectivity index (χ4n) is 1.34. The van der Waals surface area contributed by atoms with Gasteiger partial charge in [0.1, 0.15) is 6.23 Å². The van der Waals surface area contributed by atoms with Crippen LogP contribution in [0.5, 0.6) is 0 Å². The van der Waals surface area contributed by atoms with Crippen molar-refractivity contribution in [1.29, 1.82) is 0 Å². The Morgan fingerprint density at radius 1 is 1.80 bits per heavy atom. The van der Waals surface area contributed by atoms with Gasteiger partial charge in [-0.25, -0.2) is 0 Å². The van der Waals surface area contributed by atoms with E-state index in [1.165, 1.54) is 4.90 Å². The second-order valence-electron chi connectivity index (χ2n) is 2.74. The van der Waals surface area contributed by atoms with E-state index >= 15 is 0 Å². The largest absolute Gasteiger partial charge is 0.374 e. The molecule has 0 spiro atoms. The summed E-state index contributed by atoms with van der Waals surface area (Å²) in [5.74, 6) is 0.0879. The quantitative estimate of drug-likeness (QED) is 0.569. The maximum atomic E-state index is 11.1. The number of hydrogen-bond acceptors (Lipinski definition) is 2. The molecule has 3 heteroatoms. The van der Waals surface area contributed by atoms with Crippen molar-refractivity contribution in [3.8, 4) is 0 Å². The molecule has 1 amide bonds. The molecule has 0 aromatic heterocycles. The second kappa shape index (κ2) is 2.58. The molecule has 2 atom stereocenters. The van der Waals surface area contributed by atoms with Gasteiger partial charge in [0.25, 0.3) is 0 Å². The molecule has 10 heavy (non-hydrogen) atoms. The van der Waals surface area contributed by atoms with Crippen molar-refractivity contribution in [1.82, 2.24) is 4.90 Å². The van der Waals surface area contributed by atoms with Crippen LogP contribution in [0.3, 0.4) is 0 Å². The molecule has 1 N–H and O–H groups in total. The molecule has 0 aliphatic carbocycles. The fourth-order valence-corrected chi connectivity index (χ4v) is 1.34. The van der Waals surface area contributed by atoms with Gasteiger partial charge in [-0.15, -0.1) is 0 Å². The Labute approximate surface area is 60.6 Å². The van der Waals surface area contributed by atoms with Gasteiger partial charge in [0.2, 0.25) is 5.91 Å². The van der Waals surface area contributed by atoms with Gasteiger partial charge in [0.15, 0.2) is 0 Å². The standard InChI is InChI=1S/C7H13NO2/c1-3-8-6(9)4-5(2)7(8)10/h5-6,9H,3-4H2,1-2H3. The number of rotatable bonds is 1. The topological polar surface area (TPSA) is 40.5 Å². The molecule has 1 saturated heterocycles. The molecule has 3 nitrogen and oxygen atoms in total. The zero-order chi connectivity index (χ0) is 7.72. The van der Waals surface area contributed by atoms with Gasteiger partial charge in [-0.05, 0) is 6.92 Å². The van der Waals surface area contributed by atoms with Crippen LogP contribution in [-0.2, 0) is 4.79 Å². The van der Waals surface area contributed by atoms with Gasteiger partial charge in [0, 0.05) is 18.9 Å². The molecule has 1 aliphatic heterocycles. The zero-order valence-corrected chi connectivity index (χ0v) is 6.37. The van der Waals surface area contributed by atoms with Crippen molar-refractivity contribution < 1.29 is 9.90 Å². The second-order valence-corrected chi connectivity index (χ2v) is 2.74. The molecule has 58 valence electrons. The lowest BCUT2D eigenvalue weighted by molar-refractivity contribution is -0.134. The van der Waals surface area contributed by atoms with E-state index in [0.29, 0.717) is 13.0 Å². The first-order valence-electron chi connectivity index (χ1n) is 3.65. The first kappa shape index (κ1) is 7.54. The van der Waals surface area contributed by atoms with E-state index in [1.807, 2.05) is 13.8 Å². The number of aliphatic hydroxyl groups is 1. The number of amides is 1. The minimum Gasteiger partial charge on any atom is -0.374 e. The smallest absolute Gasteiger partial charge is 0.227 e. The van der Waals surface area contributed by atoms with Crippen molar-refractivity contribution in [2.75, 3.05) is 6.54 Å².